The molecule has 0 radical (unpaired) electrons. The van der Waals surface area contributed by atoms with Gasteiger partial charge < -0.3 is 4.74 Å². The van der Waals surface area contributed by atoms with E-state index in [-0.39, 0.29) is 6.42 Å². The largest absolute Gasteiger partial charge is 0.469 e. The van der Waals surface area contributed by atoms with Gasteiger partial charge in [-0.25, -0.2) is 0 Å². The van der Waals surface area contributed by atoms with Gasteiger partial charge in [0.25, 0.3) is 0 Å². The van der Waals surface area contributed by atoms with E-state index in [0.29, 0.717) is 12.8 Å². The average molecular weight is 292 g/mol. The van der Waals surface area contributed by atoms with Crippen molar-refractivity contribution in [2.24, 2.45) is 0 Å². The number of unbranched alkanes of at least 4 members (excludes halogenated alkanes) is 7. The summed E-state index contributed by atoms with van der Waals surface area (Å²) in [6, 6.07) is 0. The van der Waals surface area contributed by atoms with Gasteiger partial charge in [0.15, 0.2) is 0 Å². The van der Waals surface area contributed by atoms with E-state index in [9.17, 15) is 4.79 Å². The standard InChI is InChI=1S/C19H30O2/c1-3-4-5-6-7-8-9-10-11-12-13-14-15-16-17-18-19(20)21-2/h3-6,9,12-18H2,1-2H3/i18D2. The Hall–Kier alpha value is -1.41. The second-order valence-corrected chi connectivity index (χ2v) is 4.92. The van der Waals surface area contributed by atoms with Gasteiger partial charge in [0, 0.05) is 22.0 Å². The van der Waals surface area contributed by atoms with Crippen molar-refractivity contribution in [2.45, 2.75) is 83.9 Å². The third-order valence-corrected chi connectivity index (χ3v) is 3.02. The van der Waals surface area contributed by atoms with Crippen LogP contribution in [0.3, 0.4) is 0 Å². The van der Waals surface area contributed by atoms with Crippen LogP contribution in [0.1, 0.15) is 86.7 Å². The van der Waals surface area contributed by atoms with Crippen molar-refractivity contribution in [1.29, 1.82) is 0 Å². The topological polar surface area (TPSA) is 26.3 Å². The van der Waals surface area contributed by atoms with Gasteiger partial charge in [-0.2, -0.15) is 0 Å². The molecule has 0 rings (SSSR count). The number of rotatable bonds is 10. The van der Waals surface area contributed by atoms with Gasteiger partial charge >= 0.3 is 5.97 Å². The van der Waals surface area contributed by atoms with Crippen LogP contribution in [0.5, 0.6) is 0 Å². The molecular weight excluding hydrogens is 260 g/mol. The zero-order valence-corrected chi connectivity index (χ0v) is 13.6. The van der Waals surface area contributed by atoms with Crippen molar-refractivity contribution in [3.63, 3.8) is 0 Å². The second kappa shape index (κ2) is 16.6. The van der Waals surface area contributed by atoms with Crippen molar-refractivity contribution in [1.82, 2.24) is 0 Å². The molecule has 2 nitrogen and oxygen atoms in total. The minimum absolute atomic E-state index is 0.221. The minimum atomic E-state index is -1.86. The Bertz CT molecular complexity index is 436. The Labute approximate surface area is 133 Å². The maximum atomic E-state index is 11.2. The smallest absolute Gasteiger partial charge is 0.305 e. The van der Waals surface area contributed by atoms with Gasteiger partial charge in [0.1, 0.15) is 0 Å². The summed E-state index contributed by atoms with van der Waals surface area (Å²) in [6.07, 6.45) is 8.16. The van der Waals surface area contributed by atoms with Crippen LogP contribution in [0.2, 0.25) is 0 Å². The van der Waals surface area contributed by atoms with Crippen LogP contribution in [0.4, 0.5) is 0 Å². The maximum Gasteiger partial charge on any atom is 0.305 e. The summed E-state index contributed by atoms with van der Waals surface area (Å²) in [7, 11) is 1.22. The molecule has 0 aliphatic carbocycles. The number of hydrogen-bond acceptors (Lipinski definition) is 2. The Morgan fingerprint density at radius 3 is 2.10 bits per heavy atom. The quantitative estimate of drug-likeness (QED) is 0.326. The molecule has 0 N–H and O–H groups in total. The van der Waals surface area contributed by atoms with Crippen molar-refractivity contribution >= 4 is 5.97 Å². The van der Waals surface area contributed by atoms with Crippen LogP contribution < -0.4 is 0 Å². The predicted octanol–water partition coefficient (Wildman–Crippen LogP) is 4.87. The van der Waals surface area contributed by atoms with Crippen LogP contribution in [0.25, 0.3) is 0 Å². The van der Waals surface area contributed by atoms with E-state index in [4.69, 9.17) is 2.74 Å². The SMILES string of the molecule is [2H]C([2H])(CCCCCCC#CCC#CCCCCC)C(=O)OC. The van der Waals surface area contributed by atoms with E-state index in [1.165, 1.54) is 26.4 Å². The molecule has 0 saturated carbocycles. The first-order valence-electron chi connectivity index (χ1n) is 9.04. The lowest BCUT2D eigenvalue weighted by Gasteiger charge is -1.99. The Morgan fingerprint density at radius 2 is 1.48 bits per heavy atom. The van der Waals surface area contributed by atoms with E-state index in [0.717, 1.165) is 32.1 Å². The maximum absolute atomic E-state index is 11.2. The van der Waals surface area contributed by atoms with E-state index >= 15 is 0 Å². The third-order valence-electron chi connectivity index (χ3n) is 3.02. The van der Waals surface area contributed by atoms with E-state index in [1.54, 1.807) is 0 Å². The number of esters is 1. The molecule has 0 aliphatic rings. The van der Waals surface area contributed by atoms with E-state index in [2.05, 4.69) is 35.3 Å². The highest BCUT2D eigenvalue weighted by atomic mass is 16.5. The first-order valence-corrected chi connectivity index (χ1v) is 8.04. The summed E-state index contributed by atoms with van der Waals surface area (Å²) in [5.74, 6) is 11.6. The molecule has 0 fully saturated rings. The first kappa shape index (κ1) is 16.0. The Morgan fingerprint density at radius 1 is 0.905 bits per heavy atom. The third kappa shape index (κ3) is 16.5. The van der Waals surface area contributed by atoms with Crippen LogP contribution in [0.15, 0.2) is 0 Å². The molecule has 0 heterocycles. The molecule has 0 spiro atoms. The molecular formula is C19H30O2. The summed E-state index contributed by atoms with van der Waals surface area (Å²) in [5.41, 5.74) is 0. The van der Waals surface area contributed by atoms with E-state index in [1.807, 2.05) is 0 Å². The molecule has 0 aromatic rings. The number of hydrogen-bond donors (Lipinski definition) is 0. The molecule has 118 valence electrons. The minimum Gasteiger partial charge on any atom is -0.469 e. The fraction of sp³-hybridized carbons (Fsp3) is 0.737. The van der Waals surface area contributed by atoms with Crippen LogP contribution in [-0.4, -0.2) is 13.1 Å². The lowest BCUT2D eigenvalue weighted by Crippen LogP contribution is -1.99. The molecule has 0 bridgehead atoms. The molecule has 0 saturated heterocycles. The molecule has 0 amide bonds. The summed E-state index contributed by atoms with van der Waals surface area (Å²) in [6.45, 7) is 2.19. The first-order chi connectivity index (χ1) is 11.0. The summed E-state index contributed by atoms with van der Waals surface area (Å²) >= 11 is 0. The zero-order valence-electron chi connectivity index (χ0n) is 15.6. The lowest BCUT2D eigenvalue weighted by molar-refractivity contribution is -0.140. The Kier molecular flexibility index (Phi) is 12.7. The van der Waals surface area contributed by atoms with Crippen LogP contribution in [-0.2, 0) is 9.53 Å². The van der Waals surface area contributed by atoms with Crippen LogP contribution >= 0.6 is 0 Å². The highest BCUT2D eigenvalue weighted by Gasteiger charge is 1.98. The predicted molar refractivity (Wildman–Crippen MR) is 88.6 cm³/mol. The van der Waals surface area contributed by atoms with Crippen molar-refractivity contribution in [3.8, 4) is 23.7 Å². The molecule has 2 heteroatoms. The van der Waals surface area contributed by atoms with E-state index < -0.39 is 12.3 Å². The highest BCUT2D eigenvalue weighted by Crippen LogP contribution is 2.07. The number of methoxy groups -OCH3 is 1. The summed E-state index contributed by atoms with van der Waals surface area (Å²) in [4.78, 5) is 11.2. The highest BCUT2D eigenvalue weighted by molar-refractivity contribution is 5.68. The number of carbonyl (C=O) groups excluding carboxylic acids is 1. The average Bonchev–Trinajstić information content (AvgIpc) is 2.54. The fourth-order valence-corrected chi connectivity index (χ4v) is 1.76. The molecule has 21 heavy (non-hydrogen) atoms. The van der Waals surface area contributed by atoms with Gasteiger partial charge in [-0.1, -0.05) is 50.9 Å². The normalized spacial score (nSPS) is 11.3. The lowest BCUT2D eigenvalue weighted by atomic mass is 10.1. The van der Waals surface area contributed by atoms with Gasteiger partial charge in [0.05, 0.1) is 13.5 Å². The Balaban J connectivity index is 3.53. The summed E-state index contributed by atoms with van der Waals surface area (Å²) < 4.78 is 19.5. The zero-order chi connectivity index (χ0) is 17.4. The molecule has 0 aromatic carbocycles. The van der Waals surface area contributed by atoms with Crippen molar-refractivity contribution < 1.29 is 12.3 Å². The van der Waals surface area contributed by atoms with Gasteiger partial charge in [0.2, 0.25) is 0 Å². The fourth-order valence-electron chi connectivity index (χ4n) is 1.76. The second-order valence-electron chi connectivity index (χ2n) is 4.92. The summed E-state index contributed by atoms with van der Waals surface area (Å²) in [5, 5.41) is 0. The molecule has 0 unspecified atom stereocenters. The van der Waals surface area contributed by atoms with Crippen molar-refractivity contribution in [3.05, 3.63) is 0 Å². The van der Waals surface area contributed by atoms with Crippen molar-refractivity contribution in [2.75, 3.05) is 7.11 Å². The molecule has 0 aromatic heterocycles. The van der Waals surface area contributed by atoms with Gasteiger partial charge in [-0.3, -0.25) is 4.79 Å². The monoisotopic (exact) mass is 292 g/mol. The van der Waals surface area contributed by atoms with Gasteiger partial charge in [-0.05, 0) is 19.3 Å². The molecule has 0 aliphatic heterocycles. The number of carbonyl (C=O) groups is 1. The van der Waals surface area contributed by atoms with Gasteiger partial charge in [-0.15, -0.1) is 11.8 Å². The molecule has 0 atom stereocenters. The number of ether oxygens (including phenoxy) is 1. The van der Waals surface area contributed by atoms with Crippen LogP contribution in [0, 0.1) is 23.7 Å².